The molecule has 1 aromatic heterocycles. The van der Waals surface area contributed by atoms with Gasteiger partial charge < -0.3 is 10.6 Å². The summed E-state index contributed by atoms with van der Waals surface area (Å²) >= 11 is 0. The van der Waals surface area contributed by atoms with Crippen molar-refractivity contribution in [2.75, 3.05) is 11.9 Å². The number of nitrogens with one attached hydrogen (secondary N) is 1. The number of rotatable bonds is 5. The van der Waals surface area contributed by atoms with E-state index in [2.05, 4.69) is 24.0 Å². The van der Waals surface area contributed by atoms with Crippen LogP contribution in [0.3, 0.4) is 0 Å². The lowest BCUT2D eigenvalue weighted by molar-refractivity contribution is 0.584. The number of nitrogen functional groups attached to an aromatic ring is 1. The van der Waals surface area contributed by atoms with Crippen LogP contribution in [0.25, 0.3) is 0 Å². The van der Waals surface area contributed by atoms with Gasteiger partial charge in [-0.15, -0.1) is 5.10 Å². The molecule has 0 spiro atoms. The molecule has 0 unspecified atom stereocenters. The summed E-state index contributed by atoms with van der Waals surface area (Å²) in [5.74, 6) is 0.714. The van der Waals surface area contributed by atoms with Crippen LogP contribution in [0.4, 0.5) is 5.82 Å². The second kappa shape index (κ2) is 5.44. The highest BCUT2D eigenvalue weighted by Crippen LogP contribution is 2.19. The highest BCUT2D eigenvalue weighted by atomic mass is 15.3. The zero-order valence-corrected chi connectivity index (χ0v) is 10.1. The number of nitrogens with zero attached hydrogens (tertiary/aromatic N) is 3. The van der Waals surface area contributed by atoms with Gasteiger partial charge in [0, 0.05) is 13.1 Å². The molecule has 0 aliphatic carbocycles. The molecule has 16 heavy (non-hydrogen) atoms. The molecule has 0 saturated heterocycles. The Bertz CT molecular complexity index is 359. The minimum atomic E-state index is 0.0303. The molecule has 88 valence electrons. The van der Waals surface area contributed by atoms with E-state index in [1.54, 1.807) is 12.3 Å². The fourth-order valence-corrected chi connectivity index (χ4v) is 1.80. The van der Waals surface area contributed by atoms with Gasteiger partial charge in [-0.1, -0.05) is 13.8 Å². The van der Waals surface area contributed by atoms with E-state index in [1.807, 2.05) is 11.9 Å². The topological polar surface area (TPSA) is 78.9 Å². The minimum Gasteiger partial charge on any atom is -0.384 e. The van der Waals surface area contributed by atoms with Crippen molar-refractivity contribution in [3.63, 3.8) is 0 Å². The van der Waals surface area contributed by atoms with E-state index in [9.17, 15) is 0 Å². The van der Waals surface area contributed by atoms with Crippen LogP contribution in [-0.2, 0) is 0 Å². The molecule has 3 N–H and O–H groups in total. The highest BCUT2D eigenvalue weighted by Gasteiger charge is 2.17. The maximum absolute atomic E-state index is 7.51. The summed E-state index contributed by atoms with van der Waals surface area (Å²) in [6.45, 7) is 4.27. The lowest BCUT2D eigenvalue weighted by Crippen LogP contribution is -2.33. The van der Waals surface area contributed by atoms with Crippen LogP contribution in [0.2, 0.25) is 0 Å². The summed E-state index contributed by atoms with van der Waals surface area (Å²) in [4.78, 5) is 2.05. The highest BCUT2D eigenvalue weighted by molar-refractivity contribution is 5.99. The Labute approximate surface area is 96.2 Å². The third-order valence-electron chi connectivity index (χ3n) is 2.82. The van der Waals surface area contributed by atoms with Crippen LogP contribution >= 0.6 is 0 Å². The molecule has 1 heterocycles. The molecule has 0 aromatic carbocycles. The largest absolute Gasteiger partial charge is 0.384 e. The number of hydrogen-bond acceptors (Lipinski definition) is 4. The maximum atomic E-state index is 7.51. The standard InChI is InChI=1S/C11H19N5/c1-4-8(5-2)16(3)11-9(10(12)13)6-7-14-15-11/h6-8H,4-5H2,1-3H3,(H3,12,13). The number of nitrogens with two attached hydrogens (primary N) is 1. The van der Waals surface area contributed by atoms with Crippen LogP contribution in [0, 0.1) is 5.41 Å². The summed E-state index contributed by atoms with van der Waals surface area (Å²) in [7, 11) is 1.97. The minimum absolute atomic E-state index is 0.0303. The van der Waals surface area contributed by atoms with Crippen molar-refractivity contribution in [3.8, 4) is 0 Å². The Hall–Kier alpha value is -1.65. The van der Waals surface area contributed by atoms with E-state index >= 15 is 0 Å². The van der Waals surface area contributed by atoms with Gasteiger partial charge in [-0.25, -0.2) is 0 Å². The maximum Gasteiger partial charge on any atom is 0.162 e. The molecular formula is C11H19N5. The van der Waals surface area contributed by atoms with E-state index in [0.717, 1.165) is 12.8 Å². The van der Waals surface area contributed by atoms with Crippen molar-refractivity contribution in [2.24, 2.45) is 5.73 Å². The third-order valence-corrected chi connectivity index (χ3v) is 2.82. The van der Waals surface area contributed by atoms with Crippen molar-refractivity contribution in [1.29, 1.82) is 5.41 Å². The first kappa shape index (κ1) is 12.4. The van der Waals surface area contributed by atoms with Crippen LogP contribution in [0.15, 0.2) is 12.3 Å². The molecule has 5 heteroatoms. The number of amidine groups is 1. The van der Waals surface area contributed by atoms with Crippen LogP contribution in [0.5, 0.6) is 0 Å². The van der Waals surface area contributed by atoms with Crippen molar-refractivity contribution in [1.82, 2.24) is 10.2 Å². The molecule has 1 rings (SSSR count). The quantitative estimate of drug-likeness (QED) is 0.581. The normalized spacial score (nSPS) is 10.5. The lowest BCUT2D eigenvalue weighted by atomic mass is 10.1. The first-order valence-corrected chi connectivity index (χ1v) is 5.50. The van der Waals surface area contributed by atoms with E-state index in [0.29, 0.717) is 17.4 Å². The van der Waals surface area contributed by atoms with Gasteiger partial charge in [-0.05, 0) is 18.9 Å². The Morgan fingerprint density at radius 2 is 2.12 bits per heavy atom. The van der Waals surface area contributed by atoms with Gasteiger partial charge in [0.05, 0.1) is 11.8 Å². The first-order valence-electron chi connectivity index (χ1n) is 5.50. The summed E-state index contributed by atoms with van der Waals surface area (Å²) in [5, 5.41) is 15.4. The SMILES string of the molecule is CCC(CC)N(C)c1nnccc1C(=N)N. The Kier molecular flexibility index (Phi) is 4.22. The Balaban J connectivity index is 3.07. The van der Waals surface area contributed by atoms with Gasteiger partial charge in [-0.3, -0.25) is 5.41 Å². The predicted octanol–water partition coefficient (Wildman–Crippen LogP) is 1.39. The molecule has 0 radical (unpaired) electrons. The Morgan fingerprint density at radius 3 is 2.62 bits per heavy atom. The molecule has 0 amide bonds. The van der Waals surface area contributed by atoms with Gasteiger partial charge >= 0.3 is 0 Å². The monoisotopic (exact) mass is 221 g/mol. The van der Waals surface area contributed by atoms with Crippen molar-refractivity contribution >= 4 is 11.7 Å². The molecular weight excluding hydrogens is 202 g/mol. The summed E-state index contributed by atoms with van der Waals surface area (Å²) in [6.07, 6.45) is 3.61. The van der Waals surface area contributed by atoms with Gasteiger partial charge in [0.25, 0.3) is 0 Å². The predicted molar refractivity (Wildman–Crippen MR) is 65.8 cm³/mol. The van der Waals surface area contributed by atoms with Gasteiger partial charge in [-0.2, -0.15) is 5.10 Å². The summed E-state index contributed by atoms with van der Waals surface area (Å²) in [6, 6.07) is 2.12. The van der Waals surface area contributed by atoms with E-state index in [4.69, 9.17) is 11.1 Å². The van der Waals surface area contributed by atoms with E-state index in [-0.39, 0.29) is 5.84 Å². The molecule has 0 aliphatic rings. The van der Waals surface area contributed by atoms with E-state index < -0.39 is 0 Å². The molecule has 5 nitrogen and oxygen atoms in total. The van der Waals surface area contributed by atoms with Crippen molar-refractivity contribution in [3.05, 3.63) is 17.8 Å². The Morgan fingerprint density at radius 1 is 1.50 bits per heavy atom. The van der Waals surface area contributed by atoms with Crippen molar-refractivity contribution < 1.29 is 0 Å². The lowest BCUT2D eigenvalue weighted by Gasteiger charge is -2.28. The summed E-state index contributed by atoms with van der Waals surface area (Å²) in [5.41, 5.74) is 6.17. The molecule has 1 aromatic rings. The number of aromatic nitrogens is 2. The van der Waals surface area contributed by atoms with Gasteiger partial charge in [0.15, 0.2) is 5.82 Å². The number of hydrogen-bond donors (Lipinski definition) is 2. The van der Waals surface area contributed by atoms with Gasteiger partial charge in [0.2, 0.25) is 0 Å². The zero-order chi connectivity index (χ0) is 12.1. The first-order chi connectivity index (χ1) is 7.61. The number of anilines is 1. The fourth-order valence-electron chi connectivity index (χ4n) is 1.80. The molecule has 0 aliphatic heterocycles. The molecule has 0 bridgehead atoms. The smallest absolute Gasteiger partial charge is 0.162 e. The fraction of sp³-hybridized carbons (Fsp3) is 0.545. The third kappa shape index (κ3) is 2.48. The van der Waals surface area contributed by atoms with E-state index in [1.165, 1.54) is 0 Å². The molecule has 0 saturated carbocycles. The van der Waals surface area contributed by atoms with Crippen LogP contribution in [-0.4, -0.2) is 29.1 Å². The summed E-state index contributed by atoms with van der Waals surface area (Å²) < 4.78 is 0. The second-order valence-corrected chi connectivity index (χ2v) is 3.76. The van der Waals surface area contributed by atoms with Crippen LogP contribution in [0.1, 0.15) is 32.3 Å². The van der Waals surface area contributed by atoms with Crippen molar-refractivity contribution in [2.45, 2.75) is 32.7 Å². The molecule has 0 fully saturated rings. The average molecular weight is 221 g/mol. The van der Waals surface area contributed by atoms with Gasteiger partial charge in [0.1, 0.15) is 5.84 Å². The average Bonchev–Trinajstić information content (AvgIpc) is 2.30. The second-order valence-electron chi connectivity index (χ2n) is 3.76. The molecule has 0 atom stereocenters. The van der Waals surface area contributed by atoms with Crippen LogP contribution < -0.4 is 10.6 Å². The zero-order valence-electron chi connectivity index (χ0n) is 10.1.